The Labute approximate surface area is 91.7 Å². The highest BCUT2D eigenvalue weighted by atomic mass is 15.3. The summed E-state index contributed by atoms with van der Waals surface area (Å²) in [4.78, 5) is 0. The van der Waals surface area contributed by atoms with Gasteiger partial charge in [-0.25, -0.2) is 0 Å². The molecule has 1 aliphatic rings. The van der Waals surface area contributed by atoms with Gasteiger partial charge in [-0.15, -0.1) is 0 Å². The van der Waals surface area contributed by atoms with Crippen LogP contribution in [-0.2, 0) is 13.0 Å². The molecule has 1 aromatic rings. The Morgan fingerprint density at radius 2 is 2.07 bits per heavy atom. The fourth-order valence-corrected chi connectivity index (χ4v) is 2.19. The molecule has 0 aromatic carbocycles. The highest BCUT2D eigenvalue weighted by molar-refractivity contribution is 5.25. The van der Waals surface area contributed by atoms with Crippen molar-refractivity contribution in [2.45, 2.75) is 58.5 Å². The second kappa shape index (κ2) is 3.63. The molecule has 0 aliphatic heterocycles. The van der Waals surface area contributed by atoms with Crippen molar-refractivity contribution in [1.29, 1.82) is 0 Å². The Bertz CT molecular complexity index is 361. The van der Waals surface area contributed by atoms with Crippen molar-refractivity contribution in [3.05, 3.63) is 17.0 Å². The molecule has 15 heavy (non-hydrogen) atoms. The minimum atomic E-state index is 0.160. The van der Waals surface area contributed by atoms with Crippen LogP contribution in [0.15, 0.2) is 0 Å². The zero-order valence-electron chi connectivity index (χ0n) is 10.0. The lowest BCUT2D eigenvalue weighted by atomic mass is 10.0. The summed E-state index contributed by atoms with van der Waals surface area (Å²) in [5.74, 6) is 0. The SMILES string of the molecule is CCn1nc(C)c(CCC2(N)CC2)c1C. The topological polar surface area (TPSA) is 43.8 Å². The standard InChI is InChI=1S/C12H21N3/c1-4-15-10(3)11(9(2)14-15)5-6-12(13)7-8-12/h4-8,13H2,1-3H3. The molecule has 0 spiro atoms. The molecule has 1 aliphatic carbocycles. The predicted molar refractivity (Wildman–Crippen MR) is 61.8 cm³/mol. The molecule has 2 rings (SSSR count). The van der Waals surface area contributed by atoms with Gasteiger partial charge in [-0.05, 0) is 52.0 Å². The molecule has 2 N–H and O–H groups in total. The van der Waals surface area contributed by atoms with Crippen LogP contribution in [0, 0.1) is 13.8 Å². The van der Waals surface area contributed by atoms with Gasteiger partial charge in [-0.2, -0.15) is 5.10 Å². The van der Waals surface area contributed by atoms with E-state index in [2.05, 4.69) is 30.6 Å². The van der Waals surface area contributed by atoms with E-state index >= 15 is 0 Å². The zero-order valence-corrected chi connectivity index (χ0v) is 10.0. The van der Waals surface area contributed by atoms with Gasteiger partial charge in [-0.1, -0.05) is 0 Å². The van der Waals surface area contributed by atoms with Crippen LogP contribution >= 0.6 is 0 Å². The van der Waals surface area contributed by atoms with Crippen molar-refractivity contribution in [2.24, 2.45) is 5.73 Å². The van der Waals surface area contributed by atoms with Gasteiger partial charge >= 0.3 is 0 Å². The zero-order chi connectivity index (χ0) is 11.1. The number of hydrogen-bond acceptors (Lipinski definition) is 2. The molecule has 3 nitrogen and oxygen atoms in total. The van der Waals surface area contributed by atoms with Crippen LogP contribution < -0.4 is 5.73 Å². The number of aryl methyl sites for hydroxylation is 2. The van der Waals surface area contributed by atoms with E-state index in [1.54, 1.807) is 0 Å². The van der Waals surface area contributed by atoms with E-state index in [0.29, 0.717) is 0 Å². The van der Waals surface area contributed by atoms with Crippen molar-refractivity contribution >= 4 is 0 Å². The molecule has 1 aromatic heterocycles. The van der Waals surface area contributed by atoms with Gasteiger partial charge in [0.05, 0.1) is 5.69 Å². The van der Waals surface area contributed by atoms with Crippen LogP contribution in [0.25, 0.3) is 0 Å². The Hall–Kier alpha value is -0.830. The number of nitrogens with two attached hydrogens (primary N) is 1. The number of rotatable bonds is 4. The largest absolute Gasteiger partial charge is 0.325 e. The molecule has 1 saturated carbocycles. The van der Waals surface area contributed by atoms with Crippen molar-refractivity contribution < 1.29 is 0 Å². The van der Waals surface area contributed by atoms with Crippen molar-refractivity contribution in [3.63, 3.8) is 0 Å². The molecule has 0 unspecified atom stereocenters. The first-order valence-corrected chi connectivity index (χ1v) is 5.87. The summed E-state index contributed by atoms with van der Waals surface area (Å²) in [5, 5.41) is 4.53. The average molecular weight is 207 g/mol. The lowest BCUT2D eigenvalue weighted by Gasteiger charge is -2.08. The maximum atomic E-state index is 6.11. The maximum absolute atomic E-state index is 6.11. The Kier molecular flexibility index (Phi) is 2.59. The molecule has 84 valence electrons. The van der Waals surface area contributed by atoms with Gasteiger partial charge in [-0.3, -0.25) is 4.68 Å². The Morgan fingerprint density at radius 3 is 2.53 bits per heavy atom. The molecular weight excluding hydrogens is 186 g/mol. The quantitative estimate of drug-likeness (QED) is 0.820. The smallest absolute Gasteiger partial charge is 0.0628 e. The molecule has 3 heteroatoms. The molecule has 0 atom stereocenters. The van der Waals surface area contributed by atoms with Gasteiger partial charge in [0.25, 0.3) is 0 Å². The summed E-state index contributed by atoms with van der Waals surface area (Å²) in [7, 11) is 0. The molecule has 0 amide bonds. The first kappa shape index (κ1) is 10.7. The number of nitrogens with zero attached hydrogens (tertiary/aromatic N) is 2. The van der Waals surface area contributed by atoms with Crippen LogP contribution in [0.1, 0.15) is 43.1 Å². The van der Waals surface area contributed by atoms with Gasteiger partial charge in [0, 0.05) is 17.8 Å². The first-order chi connectivity index (χ1) is 7.06. The summed E-state index contributed by atoms with van der Waals surface area (Å²) < 4.78 is 2.08. The van der Waals surface area contributed by atoms with E-state index in [-0.39, 0.29) is 5.54 Å². The molecule has 1 heterocycles. The van der Waals surface area contributed by atoms with E-state index in [1.807, 2.05) is 0 Å². The van der Waals surface area contributed by atoms with Gasteiger partial charge in [0.2, 0.25) is 0 Å². The summed E-state index contributed by atoms with van der Waals surface area (Å²) in [5.41, 5.74) is 10.2. The minimum absolute atomic E-state index is 0.160. The molecule has 0 radical (unpaired) electrons. The molecule has 1 fully saturated rings. The third-order valence-electron chi connectivity index (χ3n) is 3.60. The van der Waals surface area contributed by atoms with Gasteiger partial charge < -0.3 is 5.73 Å². The third-order valence-corrected chi connectivity index (χ3v) is 3.60. The second-order valence-electron chi connectivity index (χ2n) is 4.83. The summed E-state index contributed by atoms with van der Waals surface area (Å²) in [6.07, 6.45) is 4.61. The molecule has 0 saturated heterocycles. The van der Waals surface area contributed by atoms with Crippen LogP contribution in [0.2, 0.25) is 0 Å². The van der Waals surface area contributed by atoms with E-state index in [9.17, 15) is 0 Å². The fraction of sp³-hybridized carbons (Fsp3) is 0.750. The second-order valence-corrected chi connectivity index (χ2v) is 4.83. The van der Waals surface area contributed by atoms with Crippen LogP contribution in [-0.4, -0.2) is 15.3 Å². The summed E-state index contributed by atoms with van der Waals surface area (Å²) in [6, 6.07) is 0. The van der Waals surface area contributed by atoms with Crippen LogP contribution in [0.5, 0.6) is 0 Å². The lowest BCUT2D eigenvalue weighted by Crippen LogP contribution is -2.22. The summed E-state index contributed by atoms with van der Waals surface area (Å²) >= 11 is 0. The average Bonchev–Trinajstić information content (AvgIpc) is 2.86. The Balaban J connectivity index is 2.09. The summed E-state index contributed by atoms with van der Waals surface area (Å²) in [6.45, 7) is 7.36. The highest BCUT2D eigenvalue weighted by Crippen LogP contribution is 2.37. The van der Waals surface area contributed by atoms with E-state index in [0.717, 1.165) is 19.4 Å². The Morgan fingerprint density at radius 1 is 1.40 bits per heavy atom. The van der Waals surface area contributed by atoms with Crippen molar-refractivity contribution in [2.75, 3.05) is 0 Å². The van der Waals surface area contributed by atoms with E-state index in [1.165, 1.54) is 29.8 Å². The van der Waals surface area contributed by atoms with Crippen LogP contribution in [0.3, 0.4) is 0 Å². The van der Waals surface area contributed by atoms with Crippen molar-refractivity contribution in [1.82, 2.24) is 9.78 Å². The minimum Gasteiger partial charge on any atom is -0.325 e. The van der Waals surface area contributed by atoms with Crippen LogP contribution in [0.4, 0.5) is 0 Å². The monoisotopic (exact) mass is 207 g/mol. The van der Waals surface area contributed by atoms with E-state index < -0.39 is 0 Å². The lowest BCUT2D eigenvalue weighted by molar-refractivity contribution is 0.603. The molecular formula is C12H21N3. The molecule has 0 bridgehead atoms. The van der Waals surface area contributed by atoms with Gasteiger partial charge in [0.1, 0.15) is 0 Å². The van der Waals surface area contributed by atoms with E-state index in [4.69, 9.17) is 5.73 Å². The number of aromatic nitrogens is 2. The highest BCUT2D eigenvalue weighted by Gasteiger charge is 2.37. The number of hydrogen-bond donors (Lipinski definition) is 1. The third kappa shape index (κ3) is 2.07. The van der Waals surface area contributed by atoms with Crippen molar-refractivity contribution in [3.8, 4) is 0 Å². The first-order valence-electron chi connectivity index (χ1n) is 5.87. The predicted octanol–water partition coefficient (Wildman–Crippen LogP) is 1.94. The van der Waals surface area contributed by atoms with Gasteiger partial charge in [0.15, 0.2) is 0 Å². The normalized spacial score (nSPS) is 18.1. The fourth-order valence-electron chi connectivity index (χ4n) is 2.19. The maximum Gasteiger partial charge on any atom is 0.0628 e.